The summed E-state index contributed by atoms with van der Waals surface area (Å²) < 4.78 is 26.1. The van der Waals surface area contributed by atoms with Gasteiger partial charge in [0.05, 0.1) is 23.4 Å². The van der Waals surface area contributed by atoms with Crippen LogP contribution in [0.3, 0.4) is 0 Å². The smallest absolute Gasteiger partial charge is 0.407 e. The standard InChI is InChI=1S/C20H32B2O4/c1-17(2)11-7-13(17)19(5)15(9-11)23-21(25-19)22-24-16-10-12-8-14(18(12,3)4)20(16,6)26-22/h11-16H,7-10H2,1-6H3/t11-,12-,13-,14-,15+,16+,19-,20-/m0/s1. The van der Waals surface area contributed by atoms with Crippen LogP contribution in [0.5, 0.6) is 0 Å². The zero-order valence-electron chi connectivity index (χ0n) is 17.1. The molecule has 6 heteroatoms. The normalized spacial score (nSPS) is 57.9. The van der Waals surface area contributed by atoms with Gasteiger partial charge in [0.2, 0.25) is 0 Å². The third kappa shape index (κ3) is 1.71. The van der Waals surface area contributed by atoms with Crippen molar-refractivity contribution in [3.63, 3.8) is 0 Å². The van der Waals surface area contributed by atoms with E-state index in [2.05, 4.69) is 41.5 Å². The molecule has 2 saturated heterocycles. The molecule has 8 fully saturated rings. The van der Waals surface area contributed by atoms with Crippen molar-refractivity contribution in [2.75, 3.05) is 0 Å². The third-order valence-corrected chi connectivity index (χ3v) is 10.2. The molecular weight excluding hydrogens is 326 g/mol. The van der Waals surface area contributed by atoms with Gasteiger partial charge in [-0.05, 0) is 74.0 Å². The summed E-state index contributed by atoms with van der Waals surface area (Å²) in [5, 5.41) is 0. The maximum Gasteiger partial charge on any atom is 0.488 e. The number of rotatable bonds is 1. The molecule has 0 aromatic rings. The van der Waals surface area contributed by atoms with Gasteiger partial charge in [-0.3, -0.25) is 0 Å². The van der Waals surface area contributed by atoms with Crippen molar-refractivity contribution in [3.8, 4) is 0 Å². The zero-order valence-corrected chi connectivity index (χ0v) is 17.1. The molecule has 2 heterocycles. The van der Waals surface area contributed by atoms with Gasteiger partial charge in [-0.25, -0.2) is 0 Å². The molecule has 2 aliphatic heterocycles. The van der Waals surface area contributed by atoms with E-state index in [4.69, 9.17) is 18.6 Å². The molecule has 26 heavy (non-hydrogen) atoms. The first-order valence-corrected chi connectivity index (χ1v) is 10.7. The fourth-order valence-corrected chi connectivity index (χ4v) is 8.03. The van der Waals surface area contributed by atoms with Crippen LogP contribution in [0, 0.1) is 34.5 Å². The van der Waals surface area contributed by atoms with Gasteiger partial charge in [0.25, 0.3) is 0 Å². The van der Waals surface area contributed by atoms with E-state index >= 15 is 0 Å². The van der Waals surface area contributed by atoms with Crippen LogP contribution in [0.2, 0.25) is 0 Å². The van der Waals surface area contributed by atoms with Gasteiger partial charge in [0.15, 0.2) is 0 Å². The summed E-state index contributed by atoms with van der Waals surface area (Å²) in [7, 11) is -0.745. The van der Waals surface area contributed by atoms with Crippen molar-refractivity contribution in [3.05, 3.63) is 0 Å². The maximum atomic E-state index is 6.60. The summed E-state index contributed by atoms with van der Waals surface area (Å²) in [6.45, 7) is 14.1. The minimum Gasteiger partial charge on any atom is -0.407 e. The summed E-state index contributed by atoms with van der Waals surface area (Å²) in [5.74, 6) is 2.70. The Bertz CT molecular complexity index is 612. The summed E-state index contributed by atoms with van der Waals surface area (Å²) >= 11 is 0. The van der Waals surface area contributed by atoms with E-state index in [9.17, 15) is 0 Å². The van der Waals surface area contributed by atoms with E-state index in [0.29, 0.717) is 22.7 Å². The van der Waals surface area contributed by atoms with Crippen LogP contribution in [-0.4, -0.2) is 37.4 Å². The SMILES string of the molecule is CC1(C)[C@@H]2C[C@H]3OB(B4O[C@@H]5C[C@@H]6C[C@@H](C6(C)C)[C@]5(C)O4)O[C@@]3(C)[C@H]1C2. The Kier molecular flexibility index (Phi) is 2.97. The lowest BCUT2D eigenvalue weighted by Crippen LogP contribution is -2.65. The van der Waals surface area contributed by atoms with Gasteiger partial charge in [0.1, 0.15) is 0 Å². The Morgan fingerprint density at radius 3 is 1.35 bits per heavy atom. The molecule has 6 saturated carbocycles. The Hall–Kier alpha value is -0.0301. The number of hydrogen-bond donors (Lipinski definition) is 0. The molecule has 0 N–H and O–H groups in total. The predicted molar refractivity (Wildman–Crippen MR) is 100 cm³/mol. The second-order valence-corrected chi connectivity index (χ2v) is 11.7. The van der Waals surface area contributed by atoms with E-state index in [1.54, 1.807) is 0 Å². The molecule has 142 valence electrons. The van der Waals surface area contributed by atoms with Gasteiger partial charge < -0.3 is 18.6 Å². The van der Waals surface area contributed by atoms with Crippen molar-refractivity contribution < 1.29 is 18.6 Å². The highest BCUT2D eigenvalue weighted by atomic mass is 16.7. The van der Waals surface area contributed by atoms with Crippen LogP contribution in [-0.2, 0) is 18.6 Å². The lowest BCUT2D eigenvalue weighted by Gasteiger charge is -2.64. The quantitative estimate of drug-likeness (QED) is 0.673. The average Bonchev–Trinajstić information content (AvgIpc) is 3.09. The maximum absolute atomic E-state index is 6.60. The van der Waals surface area contributed by atoms with Gasteiger partial charge in [0, 0.05) is 0 Å². The highest BCUT2D eigenvalue weighted by Crippen LogP contribution is 2.67. The number of hydrogen-bond acceptors (Lipinski definition) is 4. The first kappa shape index (κ1) is 16.9. The van der Waals surface area contributed by atoms with Gasteiger partial charge in [-0.2, -0.15) is 0 Å². The predicted octanol–water partition coefficient (Wildman–Crippen LogP) is 3.52. The fraction of sp³-hybridized carbons (Fsp3) is 1.00. The minimum absolute atomic E-state index is 0.189. The molecule has 4 bridgehead atoms. The Labute approximate surface area is 158 Å². The molecule has 0 aromatic heterocycles. The Balaban J connectivity index is 1.24. The first-order chi connectivity index (χ1) is 12.1. The Morgan fingerprint density at radius 1 is 0.615 bits per heavy atom. The highest BCUT2D eigenvalue weighted by Gasteiger charge is 2.73. The molecule has 4 nitrogen and oxygen atoms in total. The summed E-state index contributed by atoms with van der Waals surface area (Å²) in [6.07, 6.45) is 5.17. The van der Waals surface area contributed by atoms with Crippen LogP contribution in [0.25, 0.3) is 0 Å². The van der Waals surface area contributed by atoms with Crippen LogP contribution in [0.1, 0.15) is 67.2 Å². The summed E-state index contributed by atoms with van der Waals surface area (Å²) in [4.78, 5) is 0. The second-order valence-electron chi connectivity index (χ2n) is 11.7. The topological polar surface area (TPSA) is 36.9 Å². The zero-order chi connectivity index (χ0) is 18.3. The van der Waals surface area contributed by atoms with E-state index in [0.717, 1.165) is 24.7 Å². The lowest BCUT2D eigenvalue weighted by atomic mass is 9.43. The molecule has 8 aliphatic rings. The van der Waals surface area contributed by atoms with Crippen LogP contribution in [0.15, 0.2) is 0 Å². The van der Waals surface area contributed by atoms with E-state index in [1.807, 2.05) is 0 Å². The monoisotopic (exact) mass is 358 g/mol. The largest absolute Gasteiger partial charge is 0.488 e. The van der Waals surface area contributed by atoms with E-state index < -0.39 is 0 Å². The van der Waals surface area contributed by atoms with Gasteiger partial charge in [-0.1, -0.05) is 27.7 Å². The molecule has 0 amide bonds. The Morgan fingerprint density at radius 2 is 1.00 bits per heavy atom. The molecule has 0 spiro atoms. The summed E-state index contributed by atoms with van der Waals surface area (Å²) in [6, 6.07) is 0. The molecule has 8 atom stereocenters. The van der Waals surface area contributed by atoms with Crippen LogP contribution < -0.4 is 0 Å². The summed E-state index contributed by atoms with van der Waals surface area (Å²) in [5.41, 5.74) is 0.357. The second kappa shape index (κ2) is 4.58. The molecule has 8 rings (SSSR count). The van der Waals surface area contributed by atoms with Crippen molar-refractivity contribution in [2.24, 2.45) is 34.5 Å². The van der Waals surface area contributed by atoms with Gasteiger partial charge in [-0.15, -0.1) is 0 Å². The molecule has 0 aromatic carbocycles. The van der Waals surface area contributed by atoms with Crippen LogP contribution >= 0.6 is 0 Å². The average molecular weight is 358 g/mol. The van der Waals surface area contributed by atoms with Crippen molar-refractivity contribution in [1.82, 2.24) is 0 Å². The molecule has 0 unspecified atom stereocenters. The fourth-order valence-electron chi connectivity index (χ4n) is 8.03. The molecule has 6 aliphatic carbocycles. The lowest BCUT2D eigenvalue weighted by molar-refractivity contribution is -0.200. The van der Waals surface area contributed by atoms with E-state index in [-0.39, 0.29) is 37.4 Å². The first-order valence-electron chi connectivity index (χ1n) is 10.7. The van der Waals surface area contributed by atoms with Crippen molar-refractivity contribution >= 4 is 14.0 Å². The molecular formula is C20H32B2O4. The van der Waals surface area contributed by atoms with Crippen LogP contribution in [0.4, 0.5) is 0 Å². The van der Waals surface area contributed by atoms with E-state index in [1.165, 1.54) is 12.8 Å². The van der Waals surface area contributed by atoms with Crippen molar-refractivity contribution in [1.29, 1.82) is 0 Å². The third-order valence-electron chi connectivity index (χ3n) is 10.2. The highest BCUT2D eigenvalue weighted by molar-refractivity contribution is 7.11. The van der Waals surface area contributed by atoms with Gasteiger partial charge >= 0.3 is 14.0 Å². The van der Waals surface area contributed by atoms with Crippen molar-refractivity contribution in [2.45, 2.75) is 90.6 Å². The molecule has 0 radical (unpaired) electrons. The minimum atomic E-state index is -0.372.